The molecule has 0 atom stereocenters. The van der Waals surface area contributed by atoms with E-state index in [1.165, 1.54) is 18.3 Å². The number of imidazole rings is 1. The van der Waals surface area contributed by atoms with Crippen LogP contribution in [0.4, 0.5) is 4.39 Å². The minimum Gasteiger partial charge on any atom is -0.329 e. The van der Waals surface area contributed by atoms with Crippen LogP contribution in [0.3, 0.4) is 0 Å². The van der Waals surface area contributed by atoms with Gasteiger partial charge in [-0.15, -0.1) is 0 Å². The number of halogens is 2. The second-order valence-electron chi connectivity index (χ2n) is 5.01. The van der Waals surface area contributed by atoms with Crippen molar-refractivity contribution in [3.8, 4) is 0 Å². The SMILES string of the molecule is CC(C)c1nc(S(N)(=O)=O)cn1Cc1ccc(Cl)c(F)c1. The van der Waals surface area contributed by atoms with Crippen molar-refractivity contribution < 1.29 is 12.8 Å². The van der Waals surface area contributed by atoms with Crippen LogP contribution in [-0.4, -0.2) is 18.0 Å². The first-order chi connectivity index (χ1) is 9.68. The number of sulfonamides is 1. The van der Waals surface area contributed by atoms with Crippen LogP contribution in [0.2, 0.25) is 5.02 Å². The first-order valence-corrected chi connectivity index (χ1v) is 8.14. The second kappa shape index (κ2) is 5.75. The van der Waals surface area contributed by atoms with E-state index in [0.717, 1.165) is 0 Å². The smallest absolute Gasteiger partial charge is 0.257 e. The third-order valence-corrected chi connectivity index (χ3v) is 4.02. The molecule has 21 heavy (non-hydrogen) atoms. The van der Waals surface area contributed by atoms with E-state index in [9.17, 15) is 12.8 Å². The fourth-order valence-corrected chi connectivity index (χ4v) is 2.58. The lowest BCUT2D eigenvalue weighted by Crippen LogP contribution is -2.12. The highest BCUT2D eigenvalue weighted by atomic mass is 35.5. The van der Waals surface area contributed by atoms with Gasteiger partial charge in [-0.1, -0.05) is 31.5 Å². The van der Waals surface area contributed by atoms with Gasteiger partial charge in [-0.25, -0.2) is 22.9 Å². The molecule has 0 aliphatic carbocycles. The third kappa shape index (κ3) is 3.61. The van der Waals surface area contributed by atoms with Crippen LogP contribution >= 0.6 is 11.6 Å². The van der Waals surface area contributed by atoms with E-state index in [1.54, 1.807) is 10.6 Å². The van der Waals surface area contributed by atoms with Crippen molar-refractivity contribution in [1.82, 2.24) is 9.55 Å². The van der Waals surface area contributed by atoms with Gasteiger partial charge in [-0.2, -0.15) is 0 Å². The number of primary sulfonamides is 1. The summed E-state index contributed by atoms with van der Waals surface area (Å²) in [5, 5.41) is 4.94. The van der Waals surface area contributed by atoms with Crippen molar-refractivity contribution in [3.63, 3.8) is 0 Å². The molecule has 0 aliphatic rings. The van der Waals surface area contributed by atoms with Gasteiger partial charge in [0.2, 0.25) is 0 Å². The number of nitrogens with zero attached hydrogens (tertiary/aromatic N) is 2. The largest absolute Gasteiger partial charge is 0.329 e. The average molecular weight is 332 g/mol. The summed E-state index contributed by atoms with van der Waals surface area (Å²) < 4.78 is 37.9. The van der Waals surface area contributed by atoms with Crippen LogP contribution in [0.5, 0.6) is 0 Å². The van der Waals surface area contributed by atoms with Crippen molar-refractivity contribution in [1.29, 1.82) is 0 Å². The van der Waals surface area contributed by atoms with Gasteiger partial charge < -0.3 is 4.57 Å². The molecule has 0 unspecified atom stereocenters. The van der Waals surface area contributed by atoms with Crippen LogP contribution < -0.4 is 5.14 Å². The van der Waals surface area contributed by atoms with E-state index in [-0.39, 0.29) is 22.5 Å². The number of nitrogens with two attached hydrogens (primary N) is 1. The normalized spacial score (nSPS) is 12.1. The Morgan fingerprint density at radius 3 is 2.62 bits per heavy atom. The lowest BCUT2D eigenvalue weighted by Gasteiger charge is -2.10. The zero-order valence-corrected chi connectivity index (χ0v) is 13.1. The highest BCUT2D eigenvalue weighted by Crippen LogP contribution is 2.20. The van der Waals surface area contributed by atoms with Crippen LogP contribution in [0, 0.1) is 5.82 Å². The van der Waals surface area contributed by atoms with Gasteiger partial charge in [0.15, 0.2) is 5.03 Å². The maximum atomic E-state index is 13.5. The Hall–Kier alpha value is -1.44. The molecule has 2 rings (SSSR count). The molecule has 0 amide bonds. The minimum absolute atomic E-state index is 0.00218. The second-order valence-corrected chi connectivity index (χ2v) is 6.93. The average Bonchev–Trinajstić information content (AvgIpc) is 2.78. The fourth-order valence-electron chi connectivity index (χ4n) is 1.96. The number of hydrogen-bond donors (Lipinski definition) is 1. The van der Waals surface area contributed by atoms with E-state index in [0.29, 0.717) is 11.4 Å². The van der Waals surface area contributed by atoms with Crippen molar-refractivity contribution in [3.05, 3.63) is 46.6 Å². The Kier molecular flexibility index (Phi) is 4.36. The number of hydrogen-bond acceptors (Lipinski definition) is 3. The molecule has 1 aromatic carbocycles. The summed E-state index contributed by atoms with van der Waals surface area (Å²) in [6.07, 6.45) is 1.36. The predicted octanol–water partition coefficient (Wildman–Crippen LogP) is 2.49. The first kappa shape index (κ1) is 15.9. The molecular weight excluding hydrogens is 317 g/mol. The topological polar surface area (TPSA) is 78.0 Å². The van der Waals surface area contributed by atoms with Crippen molar-refractivity contribution in [2.24, 2.45) is 5.14 Å². The molecule has 0 bridgehead atoms. The van der Waals surface area contributed by atoms with Crippen LogP contribution in [0.25, 0.3) is 0 Å². The molecule has 5 nitrogen and oxygen atoms in total. The van der Waals surface area contributed by atoms with Gasteiger partial charge in [0.25, 0.3) is 10.0 Å². The molecule has 0 saturated heterocycles. The number of benzene rings is 1. The van der Waals surface area contributed by atoms with Crippen molar-refractivity contribution in [2.45, 2.75) is 31.3 Å². The molecule has 0 fully saturated rings. The highest BCUT2D eigenvalue weighted by Gasteiger charge is 2.18. The quantitative estimate of drug-likeness (QED) is 0.935. The fraction of sp³-hybridized carbons (Fsp3) is 0.308. The Bertz CT molecular complexity index is 772. The van der Waals surface area contributed by atoms with E-state index in [2.05, 4.69) is 4.98 Å². The highest BCUT2D eigenvalue weighted by molar-refractivity contribution is 7.89. The molecule has 2 N–H and O–H groups in total. The monoisotopic (exact) mass is 331 g/mol. The Morgan fingerprint density at radius 2 is 2.10 bits per heavy atom. The maximum Gasteiger partial charge on any atom is 0.257 e. The van der Waals surface area contributed by atoms with E-state index in [4.69, 9.17) is 16.7 Å². The molecule has 1 aromatic heterocycles. The predicted molar refractivity (Wildman–Crippen MR) is 78.2 cm³/mol. The Morgan fingerprint density at radius 1 is 1.43 bits per heavy atom. The molecular formula is C13H15ClFN3O2S. The standard InChI is InChI=1S/C13H15ClFN3O2S/c1-8(2)13-17-12(21(16,19)20)7-18(13)6-9-3-4-10(14)11(15)5-9/h3-5,7-8H,6H2,1-2H3,(H2,16,19,20). The van der Waals surface area contributed by atoms with Crippen LogP contribution in [0.15, 0.2) is 29.4 Å². The molecule has 0 aliphatic heterocycles. The van der Waals surface area contributed by atoms with E-state index < -0.39 is 15.8 Å². The molecule has 0 spiro atoms. The van der Waals surface area contributed by atoms with Gasteiger partial charge in [0, 0.05) is 18.7 Å². The maximum absolute atomic E-state index is 13.5. The summed E-state index contributed by atoms with van der Waals surface area (Å²) in [5.74, 6) is 0.0408. The van der Waals surface area contributed by atoms with E-state index in [1.807, 2.05) is 13.8 Å². The van der Waals surface area contributed by atoms with Crippen LogP contribution in [-0.2, 0) is 16.6 Å². The Labute approximate surface area is 127 Å². The summed E-state index contributed by atoms with van der Waals surface area (Å²) in [4.78, 5) is 4.05. The molecule has 0 saturated carbocycles. The van der Waals surface area contributed by atoms with E-state index >= 15 is 0 Å². The van der Waals surface area contributed by atoms with Crippen molar-refractivity contribution >= 4 is 21.6 Å². The van der Waals surface area contributed by atoms with Gasteiger partial charge in [-0.05, 0) is 17.7 Å². The lowest BCUT2D eigenvalue weighted by molar-refractivity contribution is 0.594. The summed E-state index contributed by atoms with van der Waals surface area (Å²) in [6, 6.07) is 4.44. The zero-order chi connectivity index (χ0) is 15.8. The summed E-state index contributed by atoms with van der Waals surface area (Å²) >= 11 is 5.64. The molecule has 2 aromatic rings. The lowest BCUT2D eigenvalue weighted by atomic mass is 10.2. The summed E-state index contributed by atoms with van der Waals surface area (Å²) in [5.41, 5.74) is 0.650. The molecule has 114 valence electrons. The molecule has 0 radical (unpaired) electrons. The molecule has 8 heteroatoms. The summed E-state index contributed by atoms with van der Waals surface area (Å²) in [6.45, 7) is 4.05. The molecule has 1 heterocycles. The third-order valence-electron chi connectivity index (χ3n) is 2.93. The van der Waals surface area contributed by atoms with Gasteiger partial charge in [-0.3, -0.25) is 0 Å². The Balaban J connectivity index is 2.43. The van der Waals surface area contributed by atoms with Gasteiger partial charge >= 0.3 is 0 Å². The van der Waals surface area contributed by atoms with Crippen molar-refractivity contribution in [2.75, 3.05) is 0 Å². The first-order valence-electron chi connectivity index (χ1n) is 6.22. The van der Waals surface area contributed by atoms with Gasteiger partial charge in [0.05, 0.1) is 5.02 Å². The number of rotatable bonds is 4. The number of aromatic nitrogens is 2. The van der Waals surface area contributed by atoms with Gasteiger partial charge in [0.1, 0.15) is 11.6 Å². The zero-order valence-electron chi connectivity index (χ0n) is 11.5. The van der Waals surface area contributed by atoms with Crippen LogP contribution in [0.1, 0.15) is 31.2 Å². The minimum atomic E-state index is -3.87. The summed E-state index contributed by atoms with van der Waals surface area (Å²) in [7, 11) is -3.87.